The minimum atomic E-state index is -0.208. The van der Waals surface area contributed by atoms with Crippen molar-refractivity contribution >= 4 is 8.46 Å². The summed E-state index contributed by atoms with van der Waals surface area (Å²) in [5.74, 6) is 0. The maximum Gasteiger partial charge on any atom is 0.162 e. The smallest absolute Gasteiger partial charge is 0.162 e. The van der Waals surface area contributed by atoms with Gasteiger partial charge in [-0.05, 0) is 19.8 Å². The van der Waals surface area contributed by atoms with Crippen molar-refractivity contribution in [2.45, 2.75) is 31.8 Å². The molecule has 0 atom stereocenters. The molecule has 0 aliphatic heterocycles. The summed E-state index contributed by atoms with van der Waals surface area (Å²) in [4.78, 5) is 0. The van der Waals surface area contributed by atoms with Gasteiger partial charge in [0, 0.05) is 0 Å². The predicted molar refractivity (Wildman–Crippen MR) is 36.3 cm³/mol. The Morgan fingerprint density at radius 3 is 1.88 bits per heavy atom. The van der Waals surface area contributed by atoms with Crippen LogP contribution in [0, 0.1) is 6.92 Å². The lowest BCUT2D eigenvalue weighted by Crippen LogP contribution is -2.12. The van der Waals surface area contributed by atoms with Gasteiger partial charge < -0.3 is 0 Å². The summed E-state index contributed by atoms with van der Waals surface area (Å²) in [6.07, 6.45) is 1.77. The summed E-state index contributed by atoms with van der Waals surface area (Å²) in [6, 6.07) is 0. The van der Waals surface area contributed by atoms with E-state index >= 15 is 0 Å². The molecule has 8 heavy (non-hydrogen) atoms. The Morgan fingerprint density at radius 2 is 1.88 bits per heavy atom. The van der Waals surface area contributed by atoms with Gasteiger partial charge in [0.25, 0.3) is 0 Å². The highest BCUT2D eigenvalue weighted by Gasteiger charge is 2.18. The largest absolute Gasteiger partial charge is 0.274 e. The van der Waals surface area contributed by atoms with Crippen molar-refractivity contribution in [2.75, 3.05) is 0 Å². The van der Waals surface area contributed by atoms with Crippen LogP contribution < -0.4 is 0 Å². The molecular weight excluding hydrogens is 119 g/mol. The first-order valence-electron chi connectivity index (χ1n) is 2.88. The average molecular weight is 131 g/mol. The standard InChI is InChI=1S/C6H12OP/c1-4-6(3,5-2)8-7/h3-5H2,1-2H3. The van der Waals surface area contributed by atoms with E-state index < -0.39 is 0 Å². The van der Waals surface area contributed by atoms with Gasteiger partial charge in [0.05, 0.1) is 5.16 Å². The van der Waals surface area contributed by atoms with Crippen molar-refractivity contribution in [1.82, 2.24) is 0 Å². The van der Waals surface area contributed by atoms with Crippen LogP contribution in [0.4, 0.5) is 0 Å². The Hall–Kier alpha value is 0.100. The molecule has 0 fully saturated rings. The lowest BCUT2D eigenvalue weighted by atomic mass is 10.1. The lowest BCUT2D eigenvalue weighted by Gasteiger charge is -2.14. The summed E-state index contributed by atoms with van der Waals surface area (Å²) in [5.41, 5.74) is 0. The zero-order chi connectivity index (χ0) is 6.62. The summed E-state index contributed by atoms with van der Waals surface area (Å²) in [6.45, 7) is 7.80. The number of hydrogen-bond donors (Lipinski definition) is 0. The molecule has 0 spiro atoms. The fraction of sp³-hybridized carbons (Fsp3) is 0.833. The molecular formula is C6H12OP. The third-order valence-corrected chi connectivity index (χ3v) is 2.53. The molecule has 0 amide bonds. The highest BCUT2D eigenvalue weighted by atomic mass is 31.1. The number of hydrogen-bond acceptors (Lipinski definition) is 1. The van der Waals surface area contributed by atoms with Gasteiger partial charge in [-0.1, -0.05) is 13.8 Å². The molecule has 0 saturated heterocycles. The first-order chi connectivity index (χ1) is 3.68. The van der Waals surface area contributed by atoms with Crippen molar-refractivity contribution in [1.29, 1.82) is 0 Å². The predicted octanol–water partition coefficient (Wildman–Crippen LogP) is 2.67. The average Bonchev–Trinajstić information content (AvgIpc) is 1.87. The maximum absolute atomic E-state index is 10.3. The molecule has 0 N–H and O–H groups in total. The number of rotatable bonds is 3. The van der Waals surface area contributed by atoms with Gasteiger partial charge in [0.2, 0.25) is 0 Å². The molecule has 2 heteroatoms. The van der Waals surface area contributed by atoms with Crippen molar-refractivity contribution in [3.8, 4) is 0 Å². The van der Waals surface area contributed by atoms with Gasteiger partial charge in [-0.3, -0.25) is 4.57 Å². The second-order valence-corrected chi connectivity index (χ2v) is 3.15. The van der Waals surface area contributed by atoms with Crippen LogP contribution in [0.15, 0.2) is 0 Å². The molecule has 0 bridgehead atoms. The Morgan fingerprint density at radius 1 is 1.50 bits per heavy atom. The third kappa shape index (κ3) is 1.92. The maximum atomic E-state index is 10.3. The Labute approximate surface area is 52.7 Å². The van der Waals surface area contributed by atoms with Gasteiger partial charge in [0.1, 0.15) is 0 Å². The van der Waals surface area contributed by atoms with Crippen molar-refractivity contribution in [3.05, 3.63) is 6.92 Å². The monoisotopic (exact) mass is 131 g/mol. The highest BCUT2D eigenvalue weighted by Crippen LogP contribution is 2.28. The van der Waals surface area contributed by atoms with E-state index in [4.69, 9.17) is 0 Å². The van der Waals surface area contributed by atoms with Gasteiger partial charge >= 0.3 is 0 Å². The van der Waals surface area contributed by atoms with Gasteiger partial charge in [-0.25, -0.2) is 0 Å². The lowest BCUT2D eigenvalue weighted by molar-refractivity contribution is 0.558. The van der Waals surface area contributed by atoms with Gasteiger partial charge in [-0.2, -0.15) is 0 Å². The van der Waals surface area contributed by atoms with E-state index in [9.17, 15) is 4.57 Å². The van der Waals surface area contributed by atoms with Crippen LogP contribution in [-0.4, -0.2) is 5.16 Å². The third-order valence-electron chi connectivity index (χ3n) is 1.51. The van der Waals surface area contributed by atoms with Crippen LogP contribution in [0.25, 0.3) is 0 Å². The van der Waals surface area contributed by atoms with E-state index in [0.29, 0.717) is 0 Å². The SMILES string of the molecule is [CH2]C(CC)(CC)P=O. The van der Waals surface area contributed by atoms with Crippen LogP contribution in [0.1, 0.15) is 26.7 Å². The van der Waals surface area contributed by atoms with Crippen LogP contribution in [-0.2, 0) is 4.57 Å². The van der Waals surface area contributed by atoms with Crippen molar-refractivity contribution in [3.63, 3.8) is 0 Å². The molecule has 0 aromatic rings. The van der Waals surface area contributed by atoms with E-state index in [2.05, 4.69) is 6.92 Å². The summed E-state index contributed by atoms with van der Waals surface area (Å²) in [7, 11) is 0.176. The Bertz CT molecular complexity index is 76.6. The van der Waals surface area contributed by atoms with Gasteiger partial charge in [-0.15, -0.1) is 0 Å². The topological polar surface area (TPSA) is 17.1 Å². The molecule has 1 nitrogen and oxygen atoms in total. The molecule has 0 aliphatic carbocycles. The summed E-state index contributed by atoms with van der Waals surface area (Å²) >= 11 is 0. The normalized spacial score (nSPS) is 12.4. The second-order valence-electron chi connectivity index (χ2n) is 2.02. The van der Waals surface area contributed by atoms with E-state index in [1.807, 2.05) is 13.8 Å². The zero-order valence-electron chi connectivity index (χ0n) is 5.48. The minimum absolute atomic E-state index is 0.176. The molecule has 47 valence electrons. The van der Waals surface area contributed by atoms with Crippen molar-refractivity contribution < 1.29 is 4.57 Å². The van der Waals surface area contributed by atoms with Crippen LogP contribution in [0.3, 0.4) is 0 Å². The fourth-order valence-corrected chi connectivity index (χ4v) is 0.637. The first kappa shape index (κ1) is 8.10. The van der Waals surface area contributed by atoms with E-state index in [0.717, 1.165) is 12.8 Å². The molecule has 0 heterocycles. The molecule has 0 aromatic heterocycles. The summed E-state index contributed by atoms with van der Waals surface area (Å²) < 4.78 is 10.3. The van der Waals surface area contributed by atoms with Crippen LogP contribution in [0.5, 0.6) is 0 Å². The van der Waals surface area contributed by atoms with Crippen LogP contribution >= 0.6 is 8.46 Å². The summed E-state index contributed by atoms with van der Waals surface area (Å²) in [5, 5.41) is -0.208. The Balaban J connectivity index is 3.76. The second kappa shape index (κ2) is 3.19. The molecule has 1 radical (unpaired) electrons. The Kier molecular flexibility index (Phi) is 3.23. The van der Waals surface area contributed by atoms with E-state index in [1.54, 1.807) is 0 Å². The quantitative estimate of drug-likeness (QED) is 0.538. The molecule has 0 aromatic carbocycles. The molecule has 0 unspecified atom stereocenters. The van der Waals surface area contributed by atoms with Gasteiger partial charge in [0.15, 0.2) is 8.46 Å². The first-order valence-corrected chi connectivity index (χ1v) is 3.69. The molecule has 0 rings (SSSR count). The minimum Gasteiger partial charge on any atom is -0.274 e. The van der Waals surface area contributed by atoms with E-state index in [1.165, 1.54) is 0 Å². The fourth-order valence-electron chi connectivity index (χ4n) is 0.379. The molecule has 0 aliphatic rings. The zero-order valence-corrected chi connectivity index (χ0v) is 6.37. The highest BCUT2D eigenvalue weighted by molar-refractivity contribution is 7.26. The van der Waals surface area contributed by atoms with Crippen molar-refractivity contribution in [2.24, 2.45) is 0 Å². The molecule has 0 saturated carbocycles. The van der Waals surface area contributed by atoms with Crippen LogP contribution in [0.2, 0.25) is 0 Å². The van der Waals surface area contributed by atoms with E-state index in [-0.39, 0.29) is 13.6 Å².